The zero-order chi connectivity index (χ0) is 14.7. The Morgan fingerprint density at radius 1 is 1.30 bits per heavy atom. The van der Waals surface area contributed by atoms with E-state index in [4.69, 9.17) is 0 Å². The Hall–Kier alpha value is -2.24. The van der Waals surface area contributed by atoms with Crippen molar-refractivity contribution in [2.75, 3.05) is 6.54 Å². The number of hydrogen-bond donors (Lipinski definition) is 0. The molecule has 0 aliphatic carbocycles. The predicted octanol–water partition coefficient (Wildman–Crippen LogP) is 2.45. The van der Waals surface area contributed by atoms with E-state index in [0.29, 0.717) is 13.0 Å². The second-order valence-electron chi connectivity index (χ2n) is 4.94. The maximum Gasteiger partial charge on any atom is 0.282 e. The number of hydrogen-bond acceptors (Lipinski definition) is 4. The lowest BCUT2D eigenvalue weighted by Gasteiger charge is -2.18. The fourth-order valence-corrected chi connectivity index (χ4v) is 2.32. The summed E-state index contributed by atoms with van der Waals surface area (Å²) in [5, 5.41) is 11.0. The van der Waals surface area contributed by atoms with Crippen LogP contribution in [0.15, 0.2) is 18.2 Å². The molecule has 1 saturated heterocycles. The van der Waals surface area contributed by atoms with Crippen LogP contribution in [0.25, 0.3) is 0 Å². The molecule has 6 nitrogen and oxygen atoms in total. The lowest BCUT2D eigenvalue weighted by molar-refractivity contribution is -0.385. The van der Waals surface area contributed by atoms with Gasteiger partial charge >= 0.3 is 0 Å². The highest BCUT2D eigenvalue weighted by molar-refractivity contribution is 6.07. The fraction of sp³-hybridized carbons (Fsp3) is 0.429. The number of imide groups is 1. The third kappa shape index (κ3) is 2.84. The van der Waals surface area contributed by atoms with Gasteiger partial charge in [0, 0.05) is 19.0 Å². The molecular weight excluding hydrogens is 260 g/mol. The Morgan fingerprint density at radius 3 is 2.75 bits per heavy atom. The van der Waals surface area contributed by atoms with Crippen LogP contribution < -0.4 is 0 Å². The quantitative estimate of drug-likeness (QED) is 0.472. The Labute approximate surface area is 116 Å². The second-order valence-corrected chi connectivity index (χ2v) is 4.94. The molecule has 0 spiro atoms. The zero-order valence-electron chi connectivity index (χ0n) is 11.3. The van der Waals surface area contributed by atoms with Crippen LogP contribution in [0.5, 0.6) is 0 Å². The van der Waals surface area contributed by atoms with Gasteiger partial charge in [-0.25, -0.2) is 0 Å². The van der Waals surface area contributed by atoms with Gasteiger partial charge in [0.1, 0.15) is 5.56 Å². The summed E-state index contributed by atoms with van der Waals surface area (Å²) in [4.78, 5) is 36.0. The van der Waals surface area contributed by atoms with Gasteiger partial charge in [-0.2, -0.15) is 0 Å². The molecule has 0 saturated carbocycles. The topological polar surface area (TPSA) is 80.5 Å². The number of benzene rings is 1. The minimum atomic E-state index is -0.588. The minimum absolute atomic E-state index is 0.00903. The number of rotatable bonds is 2. The van der Waals surface area contributed by atoms with Gasteiger partial charge in [0.05, 0.1) is 4.92 Å². The van der Waals surface area contributed by atoms with E-state index >= 15 is 0 Å². The monoisotopic (exact) mass is 276 g/mol. The number of nitro benzene ring substituents is 1. The molecule has 2 amide bonds. The standard InChI is InChI=1S/C14H16N2O4/c1-10-6-7-12(16(19)20)11(9-10)14(18)15-8-4-2-3-5-13(15)17/h6-7,9H,2-5,8H2,1H3. The van der Waals surface area contributed by atoms with Crippen LogP contribution in [-0.2, 0) is 4.79 Å². The first-order chi connectivity index (χ1) is 9.50. The van der Waals surface area contributed by atoms with E-state index < -0.39 is 10.8 Å². The molecule has 1 aromatic carbocycles. The molecule has 0 aromatic heterocycles. The summed E-state index contributed by atoms with van der Waals surface area (Å²) in [6.07, 6.45) is 2.73. The Balaban J connectivity index is 2.39. The lowest BCUT2D eigenvalue weighted by atomic mass is 10.1. The summed E-state index contributed by atoms with van der Waals surface area (Å²) in [5.41, 5.74) is 0.490. The Bertz CT molecular complexity index is 568. The van der Waals surface area contributed by atoms with Gasteiger partial charge in [-0.05, 0) is 31.4 Å². The van der Waals surface area contributed by atoms with E-state index in [-0.39, 0.29) is 17.2 Å². The van der Waals surface area contributed by atoms with Gasteiger partial charge in [0.25, 0.3) is 11.6 Å². The van der Waals surface area contributed by atoms with Crippen LogP contribution in [0.3, 0.4) is 0 Å². The maximum absolute atomic E-state index is 12.4. The van der Waals surface area contributed by atoms with Crippen molar-refractivity contribution in [3.05, 3.63) is 39.4 Å². The summed E-state index contributed by atoms with van der Waals surface area (Å²) in [5.74, 6) is -0.810. The molecule has 20 heavy (non-hydrogen) atoms. The third-order valence-corrected chi connectivity index (χ3v) is 3.40. The first kappa shape index (κ1) is 14.2. The second kappa shape index (κ2) is 5.81. The Morgan fingerprint density at radius 2 is 2.05 bits per heavy atom. The maximum atomic E-state index is 12.4. The van der Waals surface area contributed by atoms with Crippen LogP contribution >= 0.6 is 0 Å². The first-order valence-electron chi connectivity index (χ1n) is 6.60. The van der Waals surface area contributed by atoms with Crippen molar-refractivity contribution in [2.45, 2.75) is 32.6 Å². The highest BCUT2D eigenvalue weighted by atomic mass is 16.6. The average molecular weight is 276 g/mol. The fourth-order valence-electron chi connectivity index (χ4n) is 2.32. The normalized spacial score (nSPS) is 15.8. The van der Waals surface area contributed by atoms with Gasteiger partial charge in [-0.1, -0.05) is 12.5 Å². The molecule has 1 aliphatic rings. The number of likely N-dealkylation sites (tertiary alicyclic amines) is 1. The van der Waals surface area contributed by atoms with Crippen molar-refractivity contribution in [3.63, 3.8) is 0 Å². The van der Waals surface area contributed by atoms with Crippen molar-refractivity contribution >= 4 is 17.5 Å². The van der Waals surface area contributed by atoms with Crippen molar-refractivity contribution in [1.29, 1.82) is 0 Å². The molecular formula is C14H16N2O4. The summed E-state index contributed by atoms with van der Waals surface area (Å²) in [6.45, 7) is 2.09. The smallest absolute Gasteiger partial charge is 0.278 e. The van der Waals surface area contributed by atoms with Gasteiger partial charge < -0.3 is 0 Å². The van der Waals surface area contributed by atoms with E-state index in [2.05, 4.69) is 0 Å². The predicted molar refractivity (Wildman–Crippen MR) is 72.3 cm³/mol. The zero-order valence-corrected chi connectivity index (χ0v) is 11.3. The molecule has 0 bridgehead atoms. The number of nitrogens with zero attached hydrogens (tertiary/aromatic N) is 2. The van der Waals surface area contributed by atoms with Crippen molar-refractivity contribution in [3.8, 4) is 0 Å². The van der Waals surface area contributed by atoms with Crippen molar-refractivity contribution in [2.24, 2.45) is 0 Å². The van der Waals surface area contributed by atoms with E-state index in [1.807, 2.05) is 0 Å². The van der Waals surface area contributed by atoms with Gasteiger partial charge in [0.2, 0.25) is 5.91 Å². The SMILES string of the molecule is Cc1ccc([N+](=O)[O-])c(C(=O)N2CCCCCC2=O)c1. The van der Waals surface area contributed by atoms with E-state index in [0.717, 1.165) is 29.7 Å². The molecule has 0 unspecified atom stereocenters. The molecule has 1 aliphatic heterocycles. The highest BCUT2D eigenvalue weighted by Crippen LogP contribution is 2.23. The van der Waals surface area contributed by atoms with Gasteiger partial charge in [-0.15, -0.1) is 0 Å². The molecule has 106 valence electrons. The Kier molecular flexibility index (Phi) is 4.12. The summed E-state index contributed by atoms with van der Waals surface area (Å²) >= 11 is 0. The number of carbonyl (C=O) groups excluding carboxylic acids is 2. The van der Waals surface area contributed by atoms with E-state index in [9.17, 15) is 19.7 Å². The van der Waals surface area contributed by atoms with Crippen LogP contribution in [0.2, 0.25) is 0 Å². The molecule has 1 fully saturated rings. The summed E-state index contributed by atoms with van der Waals surface area (Å²) < 4.78 is 0. The van der Waals surface area contributed by atoms with E-state index in [1.165, 1.54) is 12.1 Å². The van der Waals surface area contributed by atoms with Crippen LogP contribution in [0.1, 0.15) is 41.6 Å². The van der Waals surface area contributed by atoms with Crippen molar-refractivity contribution < 1.29 is 14.5 Å². The molecule has 6 heteroatoms. The average Bonchev–Trinajstić information content (AvgIpc) is 2.62. The minimum Gasteiger partial charge on any atom is -0.278 e. The van der Waals surface area contributed by atoms with Crippen LogP contribution in [0, 0.1) is 17.0 Å². The van der Waals surface area contributed by atoms with E-state index in [1.54, 1.807) is 13.0 Å². The molecule has 0 N–H and O–H groups in total. The summed E-state index contributed by atoms with van der Waals surface area (Å²) in [7, 11) is 0. The van der Waals surface area contributed by atoms with Crippen LogP contribution in [-0.4, -0.2) is 28.2 Å². The highest BCUT2D eigenvalue weighted by Gasteiger charge is 2.29. The number of aryl methyl sites for hydroxylation is 1. The van der Waals surface area contributed by atoms with Crippen LogP contribution in [0.4, 0.5) is 5.69 Å². The largest absolute Gasteiger partial charge is 0.282 e. The van der Waals surface area contributed by atoms with Gasteiger partial charge in [0.15, 0.2) is 0 Å². The summed E-state index contributed by atoms with van der Waals surface area (Å²) in [6, 6.07) is 4.36. The molecule has 0 radical (unpaired) electrons. The third-order valence-electron chi connectivity index (χ3n) is 3.40. The molecule has 2 rings (SSSR count). The first-order valence-corrected chi connectivity index (χ1v) is 6.60. The molecule has 1 aromatic rings. The molecule has 0 atom stereocenters. The van der Waals surface area contributed by atoms with Gasteiger partial charge in [-0.3, -0.25) is 24.6 Å². The molecule has 1 heterocycles. The number of carbonyl (C=O) groups is 2. The van der Waals surface area contributed by atoms with Crippen molar-refractivity contribution in [1.82, 2.24) is 4.90 Å². The number of nitro groups is 1. The number of amides is 2. The lowest BCUT2D eigenvalue weighted by Crippen LogP contribution is -2.36.